The van der Waals surface area contributed by atoms with Gasteiger partial charge in [0, 0.05) is 6.04 Å². The number of rotatable bonds is 4. The topological polar surface area (TPSA) is 12.0 Å². The molecule has 1 saturated carbocycles. The van der Waals surface area contributed by atoms with Gasteiger partial charge < -0.3 is 5.32 Å². The molecule has 1 nitrogen and oxygen atoms in total. The van der Waals surface area contributed by atoms with Gasteiger partial charge in [0.1, 0.15) is 5.82 Å². The molecule has 0 bridgehead atoms. The van der Waals surface area contributed by atoms with Gasteiger partial charge in [-0.3, -0.25) is 0 Å². The maximum atomic E-state index is 13.5. The first kappa shape index (κ1) is 10.5. The molecule has 0 aliphatic heterocycles. The Labute approximate surface area is 86.3 Å². The summed E-state index contributed by atoms with van der Waals surface area (Å²) in [5.41, 5.74) is -0.529. The average molecular weight is 215 g/mol. The first-order valence-corrected chi connectivity index (χ1v) is 4.96. The molecule has 1 aliphatic carbocycles. The van der Waals surface area contributed by atoms with E-state index >= 15 is 0 Å². The Hall–Kier alpha value is -1.03. The third-order valence-electron chi connectivity index (χ3n) is 2.46. The average Bonchev–Trinajstić information content (AvgIpc) is 2.99. The molecule has 0 spiro atoms. The Kier molecular flexibility index (Phi) is 2.69. The van der Waals surface area contributed by atoms with Crippen LogP contribution in [-0.2, 0) is 5.92 Å². The molecule has 82 valence electrons. The molecule has 1 aliphatic rings. The van der Waals surface area contributed by atoms with Gasteiger partial charge >= 0.3 is 0 Å². The fraction of sp³-hybridized carbons (Fsp3) is 0.455. The lowest BCUT2D eigenvalue weighted by Crippen LogP contribution is -2.32. The lowest BCUT2D eigenvalue weighted by Gasteiger charge is -2.17. The van der Waals surface area contributed by atoms with E-state index in [1.165, 1.54) is 12.1 Å². The first-order chi connectivity index (χ1) is 7.09. The lowest BCUT2D eigenvalue weighted by molar-refractivity contribution is -0.00690. The Morgan fingerprint density at radius 1 is 1.27 bits per heavy atom. The second-order valence-electron chi connectivity index (χ2n) is 3.84. The fourth-order valence-corrected chi connectivity index (χ4v) is 1.41. The predicted molar refractivity (Wildman–Crippen MR) is 51.3 cm³/mol. The standard InChI is InChI=1S/C11H12F3N/c12-10-4-2-1-3-9(10)11(13,14)7-15-8-5-6-8/h1-4,8,15H,5-7H2. The van der Waals surface area contributed by atoms with Gasteiger partial charge in [-0.15, -0.1) is 0 Å². The summed E-state index contributed by atoms with van der Waals surface area (Å²) < 4.78 is 40.1. The van der Waals surface area contributed by atoms with Crippen molar-refractivity contribution in [3.8, 4) is 0 Å². The summed E-state index contributed by atoms with van der Waals surface area (Å²) in [6, 6.07) is 5.21. The van der Waals surface area contributed by atoms with Gasteiger partial charge in [0.05, 0.1) is 12.1 Å². The van der Waals surface area contributed by atoms with E-state index in [1.807, 2.05) is 0 Å². The van der Waals surface area contributed by atoms with Gasteiger partial charge in [-0.1, -0.05) is 18.2 Å². The largest absolute Gasteiger partial charge is 0.308 e. The number of hydrogen-bond acceptors (Lipinski definition) is 1. The van der Waals surface area contributed by atoms with Crippen LogP contribution in [0.2, 0.25) is 0 Å². The molecule has 1 aromatic carbocycles. The molecule has 0 saturated heterocycles. The Morgan fingerprint density at radius 3 is 2.53 bits per heavy atom. The summed E-state index contributed by atoms with van der Waals surface area (Å²) in [7, 11) is 0. The van der Waals surface area contributed by atoms with E-state index in [9.17, 15) is 13.2 Å². The number of halogens is 3. The maximum absolute atomic E-state index is 13.5. The minimum Gasteiger partial charge on any atom is -0.308 e. The van der Waals surface area contributed by atoms with Crippen LogP contribution >= 0.6 is 0 Å². The quantitative estimate of drug-likeness (QED) is 0.814. The van der Waals surface area contributed by atoms with Crippen molar-refractivity contribution < 1.29 is 13.2 Å². The number of benzene rings is 1. The smallest absolute Gasteiger partial charge is 0.288 e. The van der Waals surface area contributed by atoms with E-state index in [4.69, 9.17) is 0 Å². The first-order valence-electron chi connectivity index (χ1n) is 4.96. The van der Waals surface area contributed by atoms with Crippen LogP contribution in [0.1, 0.15) is 18.4 Å². The highest BCUT2D eigenvalue weighted by Crippen LogP contribution is 2.30. The Bertz CT molecular complexity index is 347. The van der Waals surface area contributed by atoms with Gasteiger partial charge in [-0.2, -0.15) is 8.78 Å². The van der Waals surface area contributed by atoms with Crippen molar-refractivity contribution in [1.82, 2.24) is 5.32 Å². The Balaban J connectivity index is 2.08. The summed E-state index contributed by atoms with van der Waals surface area (Å²) >= 11 is 0. The minimum atomic E-state index is -3.13. The molecule has 0 atom stereocenters. The summed E-state index contributed by atoms with van der Waals surface area (Å²) in [6.07, 6.45) is 1.88. The molecule has 0 unspecified atom stereocenters. The van der Waals surface area contributed by atoms with Crippen molar-refractivity contribution in [3.05, 3.63) is 35.6 Å². The van der Waals surface area contributed by atoms with Gasteiger partial charge in [0.25, 0.3) is 5.92 Å². The zero-order valence-corrected chi connectivity index (χ0v) is 8.14. The molecule has 1 aromatic rings. The van der Waals surface area contributed by atoms with Crippen molar-refractivity contribution in [2.24, 2.45) is 0 Å². The van der Waals surface area contributed by atoms with Gasteiger partial charge in [0.15, 0.2) is 0 Å². The molecule has 1 fully saturated rings. The summed E-state index contributed by atoms with van der Waals surface area (Å²) in [4.78, 5) is 0. The lowest BCUT2D eigenvalue weighted by atomic mass is 10.1. The molecule has 4 heteroatoms. The molecule has 0 aromatic heterocycles. The molecule has 1 N–H and O–H groups in total. The molecular weight excluding hydrogens is 203 g/mol. The van der Waals surface area contributed by atoms with Crippen molar-refractivity contribution in [2.75, 3.05) is 6.54 Å². The third kappa shape index (κ3) is 2.50. The van der Waals surface area contributed by atoms with E-state index in [1.54, 1.807) is 0 Å². The van der Waals surface area contributed by atoms with Crippen molar-refractivity contribution in [1.29, 1.82) is 0 Å². The highest BCUT2D eigenvalue weighted by atomic mass is 19.3. The second-order valence-corrected chi connectivity index (χ2v) is 3.84. The van der Waals surface area contributed by atoms with Gasteiger partial charge in [-0.25, -0.2) is 4.39 Å². The van der Waals surface area contributed by atoms with Crippen molar-refractivity contribution in [2.45, 2.75) is 24.8 Å². The highest BCUT2D eigenvalue weighted by Gasteiger charge is 2.36. The summed E-state index contributed by atoms with van der Waals surface area (Å²) in [6.45, 7) is -0.487. The highest BCUT2D eigenvalue weighted by molar-refractivity contribution is 5.22. The SMILES string of the molecule is Fc1ccccc1C(F)(F)CNC1CC1. The van der Waals surface area contributed by atoms with Crippen LogP contribution < -0.4 is 5.32 Å². The summed E-state index contributed by atoms with van der Waals surface area (Å²) in [5.74, 6) is -3.98. The minimum absolute atomic E-state index is 0.197. The van der Waals surface area contributed by atoms with E-state index < -0.39 is 23.8 Å². The molecule has 0 amide bonds. The molecule has 0 heterocycles. The van der Waals surface area contributed by atoms with E-state index in [2.05, 4.69) is 5.32 Å². The van der Waals surface area contributed by atoms with Crippen LogP contribution in [0.15, 0.2) is 24.3 Å². The number of hydrogen-bond donors (Lipinski definition) is 1. The number of alkyl halides is 2. The van der Waals surface area contributed by atoms with Crippen molar-refractivity contribution in [3.63, 3.8) is 0 Å². The van der Waals surface area contributed by atoms with Crippen LogP contribution in [0.25, 0.3) is 0 Å². The third-order valence-corrected chi connectivity index (χ3v) is 2.46. The van der Waals surface area contributed by atoms with Crippen molar-refractivity contribution >= 4 is 0 Å². The zero-order valence-electron chi connectivity index (χ0n) is 8.14. The van der Waals surface area contributed by atoms with E-state index in [0.717, 1.165) is 25.0 Å². The molecule has 15 heavy (non-hydrogen) atoms. The van der Waals surface area contributed by atoms with Crippen LogP contribution in [0.3, 0.4) is 0 Å². The molecule has 2 rings (SSSR count). The maximum Gasteiger partial charge on any atom is 0.288 e. The molecular formula is C11H12F3N. The van der Waals surface area contributed by atoms with E-state index in [-0.39, 0.29) is 6.04 Å². The van der Waals surface area contributed by atoms with E-state index in [0.29, 0.717) is 0 Å². The van der Waals surface area contributed by atoms with Gasteiger partial charge in [-0.05, 0) is 18.9 Å². The predicted octanol–water partition coefficient (Wildman–Crippen LogP) is 2.67. The van der Waals surface area contributed by atoms with Crippen LogP contribution in [0, 0.1) is 5.82 Å². The monoisotopic (exact) mass is 215 g/mol. The zero-order chi connectivity index (χ0) is 10.9. The van der Waals surface area contributed by atoms with Crippen LogP contribution in [-0.4, -0.2) is 12.6 Å². The normalized spacial score (nSPS) is 16.7. The van der Waals surface area contributed by atoms with Gasteiger partial charge in [0.2, 0.25) is 0 Å². The van der Waals surface area contributed by atoms with Crippen LogP contribution in [0.5, 0.6) is 0 Å². The fourth-order valence-electron chi connectivity index (χ4n) is 1.41. The molecule has 0 radical (unpaired) electrons. The number of nitrogens with one attached hydrogen (secondary N) is 1. The van der Waals surface area contributed by atoms with Crippen LogP contribution in [0.4, 0.5) is 13.2 Å². The Morgan fingerprint density at radius 2 is 1.93 bits per heavy atom. The second kappa shape index (κ2) is 3.85. The summed E-state index contributed by atoms with van der Waals surface area (Å²) in [5, 5.41) is 2.71.